The smallest absolute Gasteiger partial charge is 0.246 e. The van der Waals surface area contributed by atoms with E-state index in [4.69, 9.17) is 0 Å². The van der Waals surface area contributed by atoms with Gasteiger partial charge in [-0.2, -0.15) is 0 Å². The number of carbonyl (C=O) groups excluding carboxylic acids is 1. The SMILES string of the molecule is C=CC(=O)N(C)C(C)(C)CC(C)O. The van der Waals surface area contributed by atoms with Crippen LogP contribution in [0.3, 0.4) is 0 Å². The number of aliphatic hydroxyl groups is 1. The van der Waals surface area contributed by atoms with Crippen LogP contribution in [0, 0.1) is 0 Å². The third-order valence-corrected chi connectivity index (χ3v) is 2.21. The molecule has 0 aliphatic rings. The average Bonchev–Trinajstić information content (AvgIpc) is 1.99. The van der Waals surface area contributed by atoms with E-state index in [2.05, 4.69) is 6.58 Å². The molecule has 0 fully saturated rings. The van der Waals surface area contributed by atoms with Crippen molar-refractivity contribution in [1.29, 1.82) is 0 Å². The summed E-state index contributed by atoms with van der Waals surface area (Å²) >= 11 is 0. The Morgan fingerprint density at radius 1 is 1.69 bits per heavy atom. The molecule has 0 aromatic heterocycles. The van der Waals surface area contributed by atoms with Gasteiger partial charge >= 0.3 is 0 Å². The van der Waals surface area contributed by atoms with Crippen LogP contribution in [0.15, 0.2) is 12.7 Å². The number of amides is 1. The quantitative estimate of drug-likeness (QED) is 0.668. The summed E-state index contributed by atoms with van der Waals surface area (Å²) in [4.78, 5) is 12.9. The third-order valence-electron chi connectivity index (χ3n) is 2.21. The highest BCUT2D eigenvalue weighted by Gasteiger charge is 2.27. The fourth-order valence-electron chi connectivity index (χ4n) is 1.30. The third kappa shape index (κ3) is 3.59. The lowest BCUT2D eigenvalue weighted by Crippen LogP contribution is -2.46. The molecule has 1 N–H and O–H groups in total. The van der Waals surface area contributed by atoms with Crippen molar-refractivity contribution in [3.05, 3.63) is 12.7 Å². The van der Waals surface area contributed by atoms with Crippen molar-refractivity contribution in [3.63, 3.8) is 0 Å². The zero-order valence-corrected chi connectivity index (χ0v) is 8.87. The van der Waals surface area contributed by atoms with Gasteiger partial charge in [0.25, 0.3) is 0 Å². The van der Waals surface area contributed by atoms with E-state index in [0.717, 1.165) is 0 Å². The van der Waals surface area contributed by atoms with E-state index in [1.807, 2.05) is 13.8 Å². The lowest BCUT2D eigenvalue weighted by Gasteiger charge is -2.36. The predicted octanol–water partition coefficient (Wildman–Crippen LogP) is 1.18. The molecule has 1 unspecified atom stereocenters. The highest BCUT2D eigenvalue weighted by molar-refractivity contribution is 5.87. The van der Waals surface area contributed by atoms with Crippen LogP contribution >= 0.6 is 0 Å². The summed E-state index contributed by atoms with van der Waals surface area (Å²) in [7, 11) is 1.71. The van der Waals surface area contributed by atoms with Crippen molar-refractivity contribution in [2.75, 3.05) is 7.05 Å². The summed E-state index contributed by atoms with van der Waals surface area (Å²) in [6.45, 7) is 8.97. The minimum Gasteiger partial charge on any atom is -0.393 e. The molecule has 0 aromatic rings. The van der Waals surface area contributed by atoms with E-state index in [0.29, 0.717) is 6.42 Å². The number of nitrogens with zero attached hydrogens (tertiary/aromatic N) is 1. The normalized spacial score (nSPS) is 13.6. The van der Waals surface area contributed by atoms with Gasteiger partial charge in [0.1, 0.15) is 0 Å². The number of likely N-dealkylation sites (N-methyl/N-ethyl adjacent to an activating group) is 1. The van der Waals surface area contributed by atoms with Gasteiger partial charge in [0.05, 0.1) is 6.10 Å². The maximum Gasteiger partial charge on any atom is 0.246 e. The van der Waals surface area contributed by atoms with Crippen molar-refractivity contribution in [2.24, 2.45) is 0 Å². The van der Waals surface area contributed by atoms with E-state index in [1.54, 1.807) is 18.9 Å². The standard InChI is InChI=1S/C10H19NO2/c1-6-9(13)11(5)10(3,4)7-8(2)12/h6,8,12H,1,7H2,2-5H3. The van der Waals surface area contributed by atoms with Crippen molar-refractivity contribution < 1.29 is 9.90 Å². The van der Waals surface area contributed by atoms with Crippen molar-refractivity contribution in [2.45, 2.75) is 38.8 Å². The molecule has 0 radical (unpaired) electrons. The summed E-state index contributed by atoms with van der Waals surface area (Å²) < 4.78 is 0. The monoisotopic (exact) mass is 185 g/mol. The van der Waals surface area contributed by atoms with Gasteiger partial charge in [-0.3, -0.25) is 4.79 Å². The molecule has 76 valence electrons. The number of carbonyl (C=O) groups is 1. The number of rotatable bonds is 4. The van der Waals surface area contributed by atoms with Crippen LogP contribution < -0.4 is 0 Å². The fraction of sp³-hybridized carbons (Fsp3) is 0.700. The van der Waals surface area contributed by atoms with E-state index in [9.17, 15) is 9.90 Å². The Morgan fingerprint density at radius 2 is 2.15 bits per heavy atom. The molecule has 0 saturated heterocycles. The van der Waals surface area contributed by atoms with Crippen LogP contribution in [-0.4, -0.2) is 34.6 Å². The second-order valence-electron chi connectivity index (χ2n) is 3.97. The van der Waals surface area contributed by atoms with Gasteiger partial charge in [-0.05, 0) is 33.3 Å². The molecule has 0 saturated carbocycles. The Morgan fingerprint density at radius 3 is 2.46 bits per heavy atom. The first kappa shape index (κ1) is 12.2. The predicted molar refractivity (Wildman–Crippen MR) is 53.3 cm³/mol. The van der Waals surface area contributed by atoms with E-state index in [1.165, 1.54) is 6.08 Å². The molecule has 3 heteroatoms. The van der Waals surface area contributed by atoms with Crippen LogP contribution in [0.25, 0.3) is 0 Å². The second kappa shape index (κ2) is 4.42. The lowest BCUT2D eigenvalue weighted by molar-refractivity contribution is -0.130. The van der Waals surface area contributed by atoms with Crippen LogP contribution in [-0.2, 0) is 4.79 Å². The number of hydrogen-bond donors (Lipinski definition) is 1. The molecule has 0 aliphatic heterocycles. The first-order chi connectivity index (χ1) is 5.81. The van der Waals surface area contributed by atoms with Gasteiger partial charge in [0.15, 0.2) is 0 Å². The van der Waals surface area contributed by atoms with Gasteiger partial charge in [-0.15, -0.1) is 0 Å². The maximum atomic E-state index is 11.3. The molecule has 0 spiro atoms. The Balaban J connectivity index is 4.43. The van der Waals surface area contributed by atoms with Gasteiger partial charge in [-0.1, -0.05) is 6.58 Å². The lowest BCUT2D eigenvalue weighted by atomic mass is 9.95. The highest BCUT2D eigenvalue weighted by atomic mass is 16.3. The Kier molecular flexibility index (Phi) is 4.14. The molecule has 0 aliphatic carbocycles. The fourth-order valence-corrected chi connectivity index (χ4v) is 1.30. The summed E-state index contributed by atoms with van der Waals surface area (Å²) in [5, 5.41) is 9.23. The van der Waals surface area contributed by atoms with Crippen LogP contribution in [0.1, 0.15) is 27.2 Å². The maximum absolute atomic E-state index is 11.3. The number of aliphatic hydroxyl groups excluding tert-OH is 1. The molecular weight excluding hydrogens is 166 g/mol. The largest absolute Gasteiger partial charge is 0.393 e. The van der Waals surface area contributed by atoms with Gasteiger partial charge < -0.3 is 10.0 Å². The van der Waals surface area contributed by atoms with Crippen molar-refractivity contribution in [3.8, 4) is 0 Å². The summed E-state index contributed by atoms with van der Waals surface area (Å²) in [5.41, 5.74) is -0.334. The molecule has 1 amide bonds. The van der Waals surface area contributed by atoms with E-state index >= 15 is 0 Å². The summed E-state index contributed by atoms with van der Waals surface area (Å²) in [6, 6.07) is 0. The van der Waals surface area contributed by atoms with E-state index in [-0.39, 0.29) is 11.4 Å². The molecule has 13 heavy (non-hydrogen) atoms. The minimum absolute atomic E-state index is 0.120. The molecule has 1 atom stereocenters. The Bertz CT molecular complexity index is 197. The average molecular weight is 185 g/mol. The second-order valence-corrected chi connectivity index (χ2v) is 3.97. The Labute approximate surface area is 80.0 Å². The molecule has 0 heterocycles. The molecule has 0 bridgehead atoms. The summed E-state index contributed by atoms with van der Waals surface area (Å²) in [6.07, 6.45) is 1.43. The Hall–Kier alpha value is -0.830. The molecular formula is C10H19NO2. The topological polar surface area (TPSA) is 40.5 Å². The first-order valence-electron chi connectivity index (χ1n) is 4.39. The van der Waals surface area contributed by atoms with Gasteiger partial charge in [0, 0.05) is 12.6 Å². The highest BCUT2D eigenvalue weighted by Crippen LogP contribution is 2.19. The zero-order valence-electron chi connectivity index (χ0n) is 8.87. The minimum atomic E-state index is -0.407. The van der Waals surface area contributed by atoms with Crippen molar-refractivity contribution >= 4 is 5.91 Å². The molecule has 0 rings (SSSR count). The first-order valence-corrected chi connectivity index (χ1v) is 4.39. The molecule has 0 aromatic carbocycles. The molecule has 3 nitrogen and oxygen atoms in total. The van der Waals surface area contributed by atoms with Crippen LogP contribution in [0.5, 0.6) is 0 Å². The zero-order chi connectivity index (χ0) is 10.6. The van der Waals surface area contributed by atoms with E-state index < -0.39 is 6.10 Å². The number of hydrogen-bond acceptors (Lipinski definition) is 2. The van der Waals surface area contributed by atoms with Crippen LogP contribution in [0.4, 0.5) is 0 Å². The summed E-state index contributed by atoms with van der Waals surface area (Å²) in [5.74, 6) is -0.120. The van der Waals surface area contributed by atoms with Crippen LogP contribution in [0.2, 0.25) is 0 Å². The van der Waals surface area contributed by atoms with Crippen molar-refractivity contribution in [1.82, 2.24) is 4.90 Å². The van der Waals surface area contributed by atoms with Gasteiger partial charge in [0.2, 0.25) is 5.91 Å². The van der Waals surface area contributed by atoms with Gasteiger partial charge in [-0.25, -0.2) is 0 Å².